The van der Waals surface area contributed by atoms with E-state index in [0.29, 0.717) is 6.42 Å². The second-order valence-electron chi connectivity index (χ2n) is 7.95. The number of nitrogens with zero attached hydrogens (tertiary/aromatic N) is 3. The fraction of sp³-hybridized carbons (Fsp3) is 0.875. The molecule has 128 valence electrons. The van der Waals surface area contributed by atoms with E-state index in [0.717, 1.165) is 6.42 Å². The first-order chi connectivity index (χ1) is 9.85. The van der Waals surface area contributed by atoms with Gasteiger partial charge in [-0.1, -0.05) is 44.5 Å². The fourth-order valence-electron chi connectivity index (χ4n) is 1.72. The molecule has 0 unspecified atom stereocenters. The summed E-state index contributed by atoms with van der Waals surface area (Å²) in [6.45, 7) is 16.8. The lowest BCUT2D eigenvalue weighted by molar-refractivity contribution is 0.0389. The van der Waals surface area contributed by atoms with Crippen molar-refractivity contribution in [1.29, 1.82) is 0 Å². The molecule has 0 heterocycles. The van der Waals surface area contributed by atoms with Crippen molar-refractivity contribution in [3.05, 3.63) is 22.1 Å². The summed E-state index contributed by atoms with van der Waals surface area (Å²) >= 11 is 0. The summed E-state index contributed by atoms with van der Waals surface area (Å²) in [5.74, 6) is 0. The van der Waals surface area contributed by atoms with E-state index in [2.05, 4.69) is 50.0 Å². The monoisotopic (exact) mass is 327 g/mol. The molecule has 0 aliphatic rings. The first-order valence-electron chi connectivity index (χ1n) is 7.87. The molecule has 0 aliphatic heterocycles. The number of rotatable bonds is 8. The molecule has 0 radical (unpaired) electrons. The Hall–Kier alpha value is -0.813. The highest BCUT2D eigenvalue weighted by atomic mass is 28.4. The molecule has 0 amide bonds. The third-order valence-electron chi connectivity index (χ3n) is 4.60. The molecule has 0 aliphatic carbocycles. The number of hydrogen-bond donors (Lipinski definition) is 1. The average molecular weight is 328 g/mol. The summed E-state index contributed by atoms with van der Waals surface area (Å²) in [5.41, 5.74) is 9.19. The van der Waals surface area contributed by atoms with Gasteiger partial charge >= 0.3 is 0 Å². The number of hydrogen-bond acceptors (Lipinski definition) is 3. The lowest BCUT2D eigenvalue weighted by atomic mass is 9.90. The van der Waals surface area contributed by atoms with Gasteiger partial charge in [-0.05, 0) is 50.4 Å². The van der Waals surface area contributed by atoms with E-state index >= 15 is 0 Å². The predicted molar refractivity (Wildman–Crippen MR) is 95.4 cm³/mol. The van der Waals surface area contributed by atoms with Gasteiger partial charge < -0.3 is 9.53 Å². The molecule has 0 rings (SSSR count). The third-order valence-corrected chi connectivity index (χ3v) is 9.10. The molecule has 2 atom stereocenters. The van der Waals surface area contributed by atoms with Crippen LogP contribution in [0.5, 0.6) is 0 Å². The Morgan fingerprint density at radius 2 is 1.86 bits per heavy atom. The van der Waals surface area contributed by atoms with Crippen LogP contribution in [0.3, 0.4) is 0 Å². The predicted octanol–water partition coefficient (Wildman–Crippen LogP) is 5.18. The van der Waals surface area contributed by atoms with Crippen LogP contribution < -0.4 is 0 Å². The van der Waals surface area contributed by atoms with Crippen molar-refractivity contribution in [2.45, 2.75) is 84.2 Å². The van der Waals surface area contributed by atoms with Crippen molar-refractivity contribution in [3.8, 4) is 0 Å². The van der Waals surface area contributed by atoms with Crippen molar-refractivity contribution in [2.75, 3.05) is 6.61 Å². The highest BCUT2D eigenvalue weighted by molar-refractivity contribution is 6.74. The molecular formula is C16H33N3O2Si. The first kappa shape index (κ1) is 21.2. The Kier molecular flexibility index (Phi) is 7.85. The normalized spacial score (nSPS) is 16.4. The first-order valence-corrected chi connectivity index (χ1v) is 10.8. The van der Waals surface area contributed by atoms with E-state index in [9.17, 15) is 5.11 Å². The molecule has 0 fully saturated rings. The van der Waals surface area contributed by atoms with Crippen LogP contribution in [-0.2, 0) is 4.43 Å². The second kappa shape index (κ2) is 8.16. The van der Waals surface area contributed by atoms with Crippen LogP contribution in [0.1, 0.15) is 54.4 Å². The molecule has 22 heavy (non-hydrogen) atoms. The van der Waals surface area contributed by atoms with Gasteiger partial charge in [0.15, 0.2) is 8.32 Å². The summed E-state index contributed by atoms with van der Waals surface area (Å²) in [4.78, 5) is 2.92. The summed E-state index contributed by atoms with van der Waals surface area (Å²) in [5, 5.41) is 14.4. The van der Waals surface area contributed by atoms with Gasteiger partial charge in [-0.15, -0.1) is 0 Å². The maximum atomic E-state index is 10.5. The van der Waals surface area contributed by atoms with Crippen molar-refractivity contribution in [1.82, 2.24) is 0 Å². The number of azide groups is 1. The fourth-order valence-corrected chi connectivity index (χ4v) is 2.73. The minimum atomic E-state index is -1.93. The van der Waals surface area contributed by atoms with Gasteiger partial charge in [0.1, 0.15) is 0 Å². The molecule has 0 aromatic carbocycles. The van der Waals surface area contributed by atoms with Gasteiger partial charge in [0.25, 0.3) is 0 Å². The maximum Gasteiger partial charge on any atom is 0.192 e. The average Bonchev–Trinajstić information content (AvgIpc) is 2.34. The quantitative estimate of drug-likeness (QED) is 0.219. The molecule has 0 aromatic heterocycles. The van der Waals surface area contributed by atoms with Gasteiger partial charge in [-0.25, -0.2) is 0 Å². The molecule has 0 spiro atoms. The van der Waals surface area contributed by atoms with Crippen molar-refractivity contribution < 1.29 is 9.53 Å². The highest BCUT2D eigenvalue weighted by Gasteiger charge is 2.39. The smallest absolute Gasteiger partial charge is 0.192 e. The molecular weight excluding hydrogens is 294 g/mol. The molecule has 0 saturated heterocycles. The van der Waals surface area contributed by atoms with E-state index in [1.54, 1.807) is 6.92 Å². The van der Waals surface area contributed by atoms with E-state index in [4.69, 9.17) is 9.96 Å². The Balaban J connectivity index is 4.90. The van der Waals surface area contributed by atoms with Crippen molar-refractivity contribution in [2.24, 2.45) is 5.11 Å². The Morgan fingerprint density at radius 1 is 1.32 bits per heavy atom. The Labute approximate surface area is 136 Å². The van der Waals surface area contributed by atoms with Crippen LogP contribution in [0.25, 0.3) is 10.4 Å². The van der Waals surface area contributed by atoms with E-state index in [-0.39, 0.29) is 11.6 Å². The zero-order valence-corrected chi connectivity index (χ0v) is 16.5. The highest BCUT2D eigenvalue weighted by Crippen LogP contribution is 2.37. The van der Waals surface area contributed by atoms with Crippen molar-refractivity contribution in [3.63, 3.8) is 0 Å². The van der Waals surface area contributed by atoms with Gasteiger partial charge in [0, 0.05) is 4.91 Å². The second-order valence-corrected chi connectivity index (χ2v) is 12.8. The molecule has 5 nitrogen and oxygen atoms in total. The summed E-state index contributed by atoms with van der Waals surface area (Å²) in [7, 11) is -1.93. The third kappa shape index (κ3) is 6.52. The molecule has 6 heteroatoms. The number of allylic oxidation sites excluding steroid dienone is 2. The van der Waals surface area contributed by atoms with Crippen molar-refractivity contribution >= 4 is 8.32 Å². The minimum Gasteiger partial charge on any atom is -0.414 e. The summed E-state index contributed by atoms with van der Waals surface area (Å²) in [6.07, 6.45) is 2.66. The zero-order valence-electron chi connectivity index (χ0n) is 15.5. The lowest BCUT2D eigenvalue weighted by Crippen LogP contribution is -2.47. The Morgan fingerprint density at radius 3 is 2.27 bits per heavy atom. The summed E-state index contributed by atoms with van der Waals surface area (Å²) in [6, 6.07) is 0. The standard InChI is InChI=1S/C16H33N3O2Si/c1-13(2)10-9-11-16(6,18-19-17)14(20)12-21-22(7,8)15(3,4)5/h10,14,20H,9,11-12H2,1-8H3/t14-,16+/m0/s1. The molecule has 1 N–H and O–H groups in total. The largest absolute Gasteiger partial charge is 0.414 e. The van der Waals surface area contributed by atoms with Gasteiger partial charge in [-0.3, -0.25) is 0 Å². The van der Waals surface area contributed by atoms with E-state index in [1.807, 2.05) is 13.8 Å². The number of aliphatic hydroxyl groups excluding tert-OH is 1. The SMILES string of the molecule is CC(C)=CCC[C@@](C)(N=[N+]=[N-])[C@@H](O)CO[Si](C)(C)C(C)(C)C. The van der Waals surface area contributed by atoms with Gasteiger partial charge in [0.2, 0.25) is 0 Å². The van der Waals surface area contributed by atoms with Crippen LogP contribution in [-0.4, -0.2) is 31.7 Å². The number of aliphatic hydroxyl groups is 1. The maximum absolute atomic E-state index is 10.5. The molecule has 0 saturated carbocycles. The Bertz CT molecular complexity index is 433. The molecule has 0 bridgehead atoms. The van der Waals surface area contributed by atoms with Crippen LogP contribution in [0.4, 0.5) is 0 Å². The van der Waals surface area contributed by atoms with Crippen LogP contribution in [0, 0.1) is 0 Å². The zero-order chi connectivity index (χ0) is 17.6. The van der Waals surface area contributed by atoms with Crippen LogP contribution in [0.15, 0.2) is 16.8 Å². The topological polar surface area (TPSA) is 78.2 Å². The van der Waals surface area contributed by atoms with E-state index < -0.39 is 20.0 Å². The van der Waals surface area contributed by atoms with Gasteiger partial charge in [0.05, 0.1) is 18.2 Å². The van der Waals surface area contributed by atoms with Gasteiger partial charge in [-0.2, -0.15) is 0 Å². The summed E-state index contributed by atoms with van der Waals surface area (Å²) < 4.78 is 6.07. The minimum absolute atomic E-state index is 0.0870. The van der Waals surface area contributed by atoms with E-state index in [1.165, 1.54) is 5.57 Å². The lowest BCUT2D eigenvalue weighted by Gasteiger charge is -2.38. The molecule has 0 aromatic rings. The van der Waals surface area contributed by atoms with Crippen LogP contribution >= 0.6 is 0 Å². The van der Waals surface area contributed by atoms with Crippen LogP contribution in [0.2, 0.25) is 18.1 Å².